The van der Waals surface area contributed by atoms with Crippen LogP contribution in [0.5, 0.6) is 0 Å². The van der Waals surface area contributed by atoms with Gasteiger partial charge in [0.2, 0.25) is 0 Å². The Morgan fingerprint density at radius 2 is 1.73 bits per heavy atom. The Morgan fingerprint density at radius 1 is 1.20 bits per heavy atom. The number of benzene rings is 1. The van der Waals surface area contributed by atoms with Crippen molar-refractivity contribution in [1.82, 2.24) is 0 Å². The maximum atomic E-state index is 13.1. The van der Waals surface area contributed by atoms with Crippen molar-refractivity contribution in [3.05, 3.63) is 47.8 Å². The minimum Gasteiger partial charge on any atom is -0.324 e. The summed E-state index contributed by atoms with van der Waals surface area (Å²) in [6.45, 7) is 3.43. The van der Waals surface area contributed by atoms with Crippen LogP contribution in [0.3, 0.4) is 0 Å². The molecule has 0 spiro atoms. The molecule has 1 rings (SSSR count). The third-order valence-electron chi connectivity index (χ3n) is 1.86. The Bertz CT molecular complexity index is 355. The molecule has 0 bridgehead atoms. The molecule has 0 fully saturated rings. The van der Waals surface area contributed by atoms with Crippen molar-refractivity contribution < 1.29 is 13.2 Å². The summed E-state index contributed by atoms with van der Waals surface area (Å²) in [4.78, 5) is 0. The van der Waals surface area contributed by atoms with E-state index in [1.165, 1.54) is 6.08 Å². The Labute approximate surface area is 92.2 Å². The van der Waals surface area contributed by atoms with Gasteiger partial charge in [0.1, 0.15) is 5.82 Å². The largest absolute Gasteiger partial charge is 0.324 e. The first-order valence-electron chi connectivity index (χ1n) is 4.07. The van der Waals surface area contributed by atoms with Crippen LogP contribution < -0.4 is 5.73 Å². The molecule has 0 heterocycles. The second-order valence-electron chi connectivity index (χ2n) is 2.92. The summed E-state index contributed by atoms with van der Waals surface area (Å²) in [5.41, 5.74) is 5.49. The van der Waals surface area contributed by atoms with Gasteiger partial charge in [0.05, 0.1) is 0 Å². The predicted octanol–water partition coefficient (Wildman–Crippen LogP) is 3.10. The topological polar surface area (TPSA) is 26.0 Å². The molecule has 0 amide bonds. The van der Waals surface area contributed by atoms with E-state index in [2.05, 4.69) is 6.58 Å². The monoisotopic (exact) mass is 237 g/mol. The highest BCUT2D eigenvalue weighted by molar-refractivity contribution is 5.85. The minimum atomic E-state index is -1.21. The highest BCUT2D eigenvalue weighted by Gasteiger charge is 2.14. The molecule has 0 aliphatic rings. The summed E-state index contributed by atoms with van der Waals surface area (Å²) in [6, 6.07) is 0.578. The minimum absolute atomic E-state index is 0. The molecule has 15 heavy (non-hydrogen) atoms. The van der Waals surface area contributed by atoms with Gasteiger partial charge in [-0.1, -0.05) is 6.08 Å². The Hall–Kier alpha value is -1.000. The molecule has 0 aromatic heterocycles. The zero-order valence-electron chi connectivity index (χ0n) is 7.84. The molecule has 0 unspecified atom stereocenters. The number of nitrogens with two attached hydrogens (primary N) is 1. The number of halogens is 4. The average Bonchev–Trinajstić information content (AvgIpc) is 2.11. The first-order valence-corrected chi connectivity index (χ1v) is 4.07. The number of rotatable bonds is 3. The molecule has 1 aromatic rings. The van der Waals surface area contributed by atoms with Gasteiger partial charge in [-0.15, -0.1) is 19.0 Å². The smallest absolute Gasteiger partial charge is 0.161 e. The van der Waals surface area contributed by atoms with E-state index in [0.29, 0.717) is 12.5 Å². The molecule has 0 aliphatic heterocycles. The van der Waals surface area contributed by atoms with Gasteiger partial charge < -0.3 is 5.73 Å². The van der Waals surface area contributed by atoms with Crippen LogP contribution in [0.4, 0.5) is 13.2 Å². The molecule has 84 valence electrons. The maximum absolute atomic E-state index is 13.1. The molecular formula is C10H11ClF3N. The van der Waals surface area contributed by atoms with Gasteiger partial charge in [-0.25, -0.2) is 13.2 Å². The molecule has 2 N–H and O–H groups in total. The van der Waals surface area contributed by atoms with Crippen LogP contribution in [-0.2, 0) is 0 Å². The van der Waals surface area contributed by atoms with E-state index in [0.717, 1.165) is 6.07 Å². The van der Waals surface area contributed by atoms with Crippen molar-refractivity contribution in [2.45, 2.75) is 12.5 Å². The summed E-state index contributed by atoms with van der Waals surface area (Å²) in [6.07, 6.45) is 1.80. The van der Waals surface area contributed by atoms with Crippen LogP contribution in [0.25, 0.3) is 0 Å². The Morgan fingerprint density at radius 3 is 2.27 bits per heavy atom. The average molecular weight is 238 g/mol. The van der Waals surface area contributed by atoms with Crippen LogP contribution in [0.15, 0.2) is 24.8 Å². The Kier molecular flexibility index (Phi) is 5.39. The molecule has 5 heteroatoms. The number of hydrogen-bond acceptors (Lipinski definition) is 1. The van der Waals surface area contributed by atoms with Crippen LogP contribution in [0.2, 0.25) is 0 Å². The molecular weight excluding hydrogens is 227 g/mol. The van der Waals surface area contributed by atoms with E-state index in [1.807, 2.05) is 0 Å². The summed E-state index contributed by atoms with van der Waals surface area (Å²) in [5, 5.41) is 0. The molecule has 0 aliphatic carbocycles. The normalized spacial score (nSPS) is 11.7. The second-order valence-corrected chi connectivity index (χ2v) is 2.92. The van der Waals surface area contributed by atoms with E-state index in [9.17, 15) is 13.2 Å². The standard InChI is InChI=1S/C10H10F3N.ClH/c1-2-3-10(14)6-4-8(12)9(13)5-7(6)11;/h2,4-5,10H,1,3,14H2;1H/t10-;/m1./s1. The summed E-state index contributed by atoms with van der Waals surface area (Å²) in [7, 11) is 0. The van der Waals surface area contributed by atoms with Crippen LogP contribution in [-0.4, -0.2) is 0 Å². The molecule has 0 radical (unpaired) electrons. The van der Waals surface area contributed by atoms with Gasteiger partial charge >= 0.3 is 0 Å². The van der Waals surface area contributed by atoms with Gasteiger partial charge in [0.15, 0.2) is 11.6 Å². The van der Waals surface area contributed by atoms with Gasteiger partial charge in [0, 0.05) is 17.7 Å². The van der Waals surface area contributed by atoms with E-state index >= 15 is 0 Å². The van der Waals surface area contributed by atoms with Gasteiger partial charge in [-0.3, -0.25) is 0 Å². The predicted molar refractivity (Wildman–Crippen MR) is 55.3 cm³/mol. The SMILES string of the molecule is C=CC[C@@H](N)c1cc(F)c(F)cc1F.Cl. The first kappa shape index (κ1) is 14.0. The van der Waals surface area contributed by atoms with Gasteiger partial charge in [-0.05, 0) is 12.5 Å². The van der Waals surface area contributed by atoms with E-state index < -0.39 is 23.5 Å². The van der Waals surface area contributed by atoms with Crippen LogP contribution in [0, 0.1) is 17.5 Å². The zero-order chi connectivity index (χ0) is 10.7. The van der Waals surface area contributed by atoms with Gasteiger partial charge in [0.25, 0.3) is 0 Å². The lowest BCUT2D eigenvalue weighted by atomic mass is 10.0. The van der Waals surface area contributed by atoms with E-state index in [1.54, 1.807) is 0 Å². The summed E-state index contributed by atoms with van der Waals surface area (Å²) in [5.74, 6) is -3.14. The zero-order valence-corrected chi connectivity index (χ0v) is 8.66. The van der Waals surface area contributed by atoms with Crippen LogP contribution in [0.1, 0.15) is 18.0 Å². The Balaban J connectivity index is 0.00000196. The molecule has 1 atom stereocenters. The lowest BCUT2D eigenvalue weighted by Crippen LogP contribution is -2.12. The van der Waals surface area contributed by atoms with Crippen molar-refractivity contribution in [3.8, 4) is 0 Å². The summed E-state index contributed by atoms with van der Waals surface area (Å²) >= 11 is 0. The van der Waals surface area contributed by atoms with Crippen molar-refractivity contribution >= 4 is 12.4 Å². The third-order valence-corrected chi connectivity index (χ3v) is 1.86. The maximum Gasteiger partial charge on any atom is 0.161 e. The highest BCUT2D eigenvalue weighted by atomic mass is 35.5. The number of hydrogen-bond donors (Lipinski definition) is 1. The van der Waals surface area contributed by atoms with Crippen molar-refractivity contribution in [3.63, 3.8) is 0 Å². The molecule has 0 saturated heterocycles. The van der Waals surface area contributed by atoms with E-state index in [-0.39, 0.29) is 18.0 Å². The van der Waals surface area contributed by atoms with Crippen molar-refractivity contribution in [2.75, 3.05) is 0 Å². The fourth-order valence-corrected chi connectivity index (χ4v) is 1.13. The third kappa shape index (κ3) is 3.25. The first-order chi connectivity index (χ1) is 6.56. The molecule has 0 saturated carbocycles. The highest BCUT2D eigenvalue weighted by Crippen LogP contribution is 2.21. The van der Waals surface area contributed by atoms with Crippen molar-refractivity contribution in [1.29, 1.82) is 0 Å². The van der Waals surface area contributed by atoms with Gasteiger partial charge in [-0.2, -0.15) is 0 Å². The second kappa shape index (κ2) is 5.78. The summed E-state index contributed by atoms with van der Waals surface area (Å²) < 4.78 is 38.4. The fraction of sp³-hybridized carbons (Fsp3) is 0.200. The van der Waals surface area contributed by atoms with E-state index in [4.69, 9.17) is 5.73 Å². The van der Waals surface area contributed by atoms with Crippen molar-refractivity contribution in [2.24, 2.45) is 5.73 Å². The van der Waals surface area contributed by atoms with Crippen LogP contribution >= 0.6 is 12.4 Å². The quantitative estimate of drug-likeness (QED) is 0.635. The lowest BCUT2D eigenvalue weighted by Gasteiger charge is -2.10. The fourth-order valence-electron chi connectivity index (χ4n) is 1.13. The molecule has 1 nitrogen and oxygen atoms in total. The molecule has 1 aromatic carbocycles. The lowest BCUT2D eigenvalue weighted by molar-refractivity contribution is 0.484.